The Labute approximate surface area is 204 Å². The van der Waals surface area contributed by atoms with Crippen molar-refractivity contribution < 1.29 is 17.4 Å². The van der Waals surface area contributed by atoms with E-state index < -0.39 is 10.0 Å². The van der Waals surface area contributed by atoms with Crippen molar-refractivity contribution in [3.8, 4) is 0 Å². The number of hydrogen-bond donors (Lipinski definition) is 3. The Balaban J connectivity index is 0.00000363. The summed E-state index contributed by atoms with van der Waals surface area (Å²) in [5, 5.41) is 15.7. The molecule has 0 fully saturated rings. The Hall–Kier alpha value is -2.38. The molecule has 174 valence electrons. The van der Waals surface area contributed by atoms with Crippen molar-refractivity contribution in [2.24, 2.45) is 10.1 Å². The summed E-state index contributed by atoms with van der Waals surface area (Å²) < 4.78 is 33.5. The lowest BCUT2D eigenvalue weighted by molar-refractivity contribution is 0.372. The van der Waals surface area contributed by atoms with Crippen molar-refractivity contribution in [1.82, 2.24) is 15.8 Å². The SMILES string of the molecule is CC(C)c1cc(CNC(=NCc2ccc(S(N)(=O)=O)cc2)NCCc2ccco2)on1.I. The quantitative estimate of drug-likeness (QED) is 0.203. The van der Waals surface area contributed by atoms with Gasteiger partial charge >= 0.3 is 0 Å². The van der Waals surface area contributed by atoms with Crippen molar-refractivity contribution >= 4 is 40.0 Å². The average Bonchev–Trinajstić information content (AvgIpc) is 3.41. The lowest BCUT2D eigenvalue weighted by atomic mass is 10.1. The van der Waals surface area contributed by atoms with Gasteiger partial charge in [-0.2, -0.15) is 0 Å². The van der Waals surface area contributed by atoms with E-state index in [1.807, 2.05) is 18.2 Å². The number of halogens is 1. The molecule has 2 heterocycles. The molecule has 0 saturated carbocycles. The third-order valence-corrected chi connectivity index (χ3v) is 5.44. The summed E-state index contributed by atoms with van der Waals surface area (Å²) in [6, 6.07) is 12.0. The topological polar surface area (TPSA) is 136 Å². The minimum atomic E-state index is -3.71. The first-order valence-electron chi connectivity index (χ1n) is 9.93. The normalized spacial score (nSPS) is 11.9. The molecule has 1 aromatic carbocycles. The third kappa shape index (κ3) is 7.95. The standard InChI is InChI=1S/C21H27N5O4S.HI/c1-15(2)20-12-18(30-26-20)14-25-21(23-10-9-17-4-3-11-29-17)24-13-16-5-7-19(8-6-16)31(22,27)28;/h3-8,11-12,15H,9-10,13-14H2,1-2H3,(H2,22,27,28)(H2,23,24,25);1H. The number of guanidine groups is 1. The molecular formula is C21H28IN5O4S. The van der Waals surface area contributed by atoms with E-state index in [0.717, 1.165) is 17.0 Å². The fourth-order valence-corrected chi connectivity index (χ4v) is 3.26. The van der Waals surface area contributed by atoms with Gasteiger partial charge in [-0.15, -0.1) is 24.0 Å². The maximum atomic E-state index is 11.4. The van der Waals surface area contributed by atoms with E-state index in [-0.39, 0.29) is 34.8 Å². The minimum Gasteiger partial charge on any atom is -0.469 e. The number of rotatable bonds is 9. The predicted octanol–water partition coefficient (Wildman–Crippen LogP) is 3.13. The monoisotopic (exact) mass is 573 g/mol. The van der Waals surface area contributed by atoms with Crippen LogP contribution in [0.25, 0.3) is 0 Å². The Morgan fingerprint density at radius 1 is 1.16 bits per heavy atom. The van der Waals surface area contributed by atoms with Crippen LogP contribution in [-0.4, -0.2) is 26.1 Å². The molecule has 3 aromatic rings. The van der Waals surface area contributed by atoms with E-state index in [4.69, 9.17) is 14.1 Å². The Morgan fingerprint density at radius 2 is 1.91 bits per heavy atom. The number of aliphatic imine (C=N–C) groups is 1. The van der Waals surface area contributed by atoms with E-state index in [1.165, 1.54) is 12.1 Å². The molecular weight excluding hydrogens is 545 g/mol. The average molecular weight is 573 g/mol. The molecule has 0 aliphatic heterocycles. The van der Waals surface area contributed by atoms with Crippen LogP contribution < -0.4 is 15.8 Å². The van der Waals surface area contributed by atoms with Crippen molar-refractivity contribution in [2.75, 3.05) is 6.54 Å². The first kappa shape index (κ1) is 25.9. The van der Waals surface area contributed by atoms with Gasteiger partial charge in [-0.05, 0) is 35.7 Å². The van der Waals surface area contributed by atoms with Crippen molar-refractivity contribution in [1.29, 1.82) is 0 Å². The third-order valence-electron chi connectivity index (χ3n) is 4.51. The van der Waals surface area contributed by atoms with Crippen molar-refractivity contribution in [3.63, 3.8) is 0 Å². The van der Waals surface area contributed by atoms with Gasteiger partial charge in [0.15, 0.2) is 11.7 Å². The van der Waals surface area contributed by atoms with Gasteiger partial charge in [0.05, 0.1) is 29.9 Å². The molecule has 0 atom stereocenters. The number of nitrogens with two attached hydrogens (primary N) is 1. The molecule has 0 saturated heterocycles. The van der Waals surface area contributed by atoms with Crippen LogP contribution in [0.2, 0.25) is 0 Å². The summed E-state index contributed by atoms with van der Waals surface area (Å²) in [6.07, 6.45) is 2.35. The van der Waals surface area contributed by atoms with Crippen molar-refractivity contribution in [3.05, 3.63) is 71.5 Å². The Morgan fingerprint density at radius 3 is 2.50 bits per heavy atom. The zero-order chi connectivity index (χ0) is 22.3. The predicted molar refractivity (Wildman–Crippen MR) is 132 cm³/mol. The maximum absolute atomic E-state index is 11.4. The molecule has 2 aromatic heterocycles. The van der Waals surface area contributed by atoms with E-state index in [2.05, 4.69) is 34.6 Å². The van der Waals surface area contributed by atoms with Crippen LogP contribution in [0, 0.1) is 0 Å². The fraction of sp³-hybridized carbons (Fsp3) is 0.333. The maximum Gasteiger partial charge on any atom is 0.238 e. The molecule has 3 rings (SSSR count). The summed E-state index contributed by atoms with van der Waals surface area (Å²) in [7, 11) is -3.71. The van der Waals surface area contributed by atoms with Gasteiger partial charge in [0.2, 0.25) is 10.0 Å². The molecule has 0 radical (unpaired) electrons. The first-order chi connectivity index (χ1) is 14.8. The number of sulfonamides is 1. The zero-order valence-corrected chi connectivity index (χ0v) is 21.1. The zero-order valence-electron chi connectivity index (χ0n) is 17.9. The van der Waals surface area contributed by atoms with E-state index in [1.54, 1.807) is 18.4 Å². The van der Waals surface area contributed by atoms with Crippen molar-refractivity contribution in [2.45, 2.75) is 44.2 Å². The summed E-state index contributed by atoms with van der Waals surface area (Å²) in [5.74, 6) is 2.46. The second-order valence-electron chi connectivity index (χ2n) is 7.34. The van der Waals surface area contributed by atoms with Crippen LogP contribution in [0.5, 0.6) is 0 Å². The molecule has 0 bridgehead atoms. The number of primary sulfonamides is 1. The number of nitrogens with one attached hydrogen (secondary N) is 2. The molecule has 0 aliphatic carbocycles. The largest absolute Gasteiger partial charge is 0.469 e. The Kier molecular flexibility index (Phi) is 9.72. The van der Waals surface area contributed by atoms with E-state index in [0.29, 0.717) is 37.8 Å². The second-order valence-corrected chi connectivity index (χ2v) is 8.90. The van der Waals surface area contributed by atoms with E-state index in [9.17, 15) is 8.42 Å². The van der Waals surface area contributed by atoms with Crippen LogP contribution in [0.4, 0.5) is 0 Å². The lowest BCUT2D eigenvalue weighted by Crippen LogP contribution is -2.38. The molecule has 32 heavy (non-hydrogen) atoms. The second kappa shape index (κ2) is 12.0. The van der Waals surface area contributed by atoms with Gasteiger partial charge in [0, 0.05) is 19.0 Å². The summed E-state index contributed by atoms with van der Waals surface area (Å²) in [4.78, 5) is 4.65. The molecule has 0 unspecified atom stereocenters. The Bertz CT molecular complexity index is 1090. The fourth-order valence-electron chi connectivity index (χ4n) is 2.74. The summed E-state index contributed by atoms with van der Waals surface area (Å²) in [5.41, 5.74) is 1.75. The molecule has 4 N–H and O–H groups in total. The number of nitrogens with zero attached hydrogens (tertiary/aromatic N) is 2. The van der Waals surface area contributed by atoms with Gasteiger partial charge in [-0.1, -0.05) is 31.1 Å². The van der Waals surface area contributed by atoms with Gasteiger partial charge < -0.3 is 19.6 Å². The highest BCUT2D eigenvalue weighted by Crippen LogP contribution is 2.14. The summed E-state index contributed by atoms with van der Waals surface area (Å²) in [6.45, 7) is 5.52. The number of aromatic nitrogens is 1. The summed E-state index contributed by atoms with van der Waals surface area (Å²) >= 11 is 0. The molecule has 0 amide bonds. The lowest BCUT2D eigenvalue weighted by Gasteiger charge is -2.11. The highest BCUT2D eigenvalue weighted by atomic mass is 127. The number of benzene rings is 1. The van der Waals surface area contributed by atoms with Crippen LogP contribution in [0.1, 0.15) is 42.5 Å². The van der Waals surface area contributed by atoms with Crippen LogP contribution >= 0.6 is 24.0 Å². The van der Waals surface area contributed by atoms with Gasteiger partial charge in [-0.3, -0.25) is 0 Å². The highest BCUT2D eigenvalue weighted by Gasteiger charge is 2.09. The number of hydrogen-bond acceptors (Lipinski definition) is 6. The number of furan rings is 1. The molecule has 0 aliphatic rings. The molecule has 9 nitrogen and oxygen atoms in total. The van der Waals surface area contributed by atoms with Gasteiger partial charge in [0.25, 0.3) is 0 Å². The van der Waals surface area contributed by atoms with E-state index >= 15 is 0 Å². The van der Waals surface area contributed by atoms with Gasteiger partial charge in [0.1, 0.15) is 5.76 Å². The van der Waals surface area contributed by atoms with Crippen LogP contribution in [0.3, 0.4) is 0 Å². The van der Waals surface area contributed by atoms with Crippen LogP contribution in [0.15, 0.2) is 67.6 Å². The molecule has 11 heteroatoms. The molecule has 0 spiro atoms. The minimum absolute atomic E-state index is 0. The first-order valence-corrected chi connectivity index (χ1v) is 11.5. The van der Waals surface area contributed by atoms with Crippen LogP contribution in [-0.2, 0) is 29.5 Å². The smallest absolute Gasteiger partial charge is 0.238 e. The van der Waals surface area contributed by atoms with Gasteiger partial charge in [-0.25, -0.2) is 18.5 Å². The highest BCUT2D eigenvalue weighted by molar-refractivity contribution is 14.0.